The predicted molar refractivity (Wildman–Crippen MR) is 65.6 cm³/mol. The highest BCUT2D eigenvalue weighted by molar-refractivity contribution is 6.36. The van der Waals surface area contributed by atoms with Crippen LogP contribution in [0.3, 0.4) is 0 Å². The maximum absolute atomic E-state index is 6.03. The standard InChI is InChI=1S/C11H10Cl2N2/c1-5-3-7(12)4-8-10(14)9(13)6(2)15-11(5)8/h3-4H,1-2H3,(H2,14,15). The molecule has 0 bridgehead atoms. The third kappa shape index (κ3) is 1.64. The maximum atomic E-state index is 6.03. The van der Waals surface area contributed by atoms with Crippen molar-refractivity contribution in [3.8, 4) is 0 Å². The summed E-state index contributed by atoms with van der Waals surface area (Å²) in [7, 11) is 0. The van der Waals surface area contributed by atoms with Gasteiger partial charge in [0.25, 0.3) is 0 Å². The van der Waals surface area contributed by atoms with E-state index in [2.05, 4.69) is 4.98 Å². The van der Waals surface area contributed by atoms with Gasteiger partial charge in [-0.3, -0.25) is 4.98 Å². The second-order valence-electron chi connectivity index (χ2n) is 3.54. The lowest BCUT2D eigenvalue weighted by molar-refractivity contribution is 1.24. The molecule has 0 saturated carbocycles. The van der Waals surface area contributed by atoms with E-state index >= 15 is 0 Å². The van der Waals surface area contributed by atoms with E-state index in [-0.39, 0.29) is 0 Å². The molecule has 2 nitrogen and oxygen atoms in total. The van der Waals surface area contributed by atoms with Crippen LogP contribution < -0.4 is 5.73 Å². The van der Waals surface area contributed by atoms with E-state index in [4.69, 9.17) is 28.9 Å². The van der Waals surface area contributed by atoms with Gasteiger partial charge in [-0.1, -0.05) is 23.2 Å². The summed E-state index contributed by atoms with van der Waals surface area (Å²) in [6.07, 6.45) is 0. The molecule has 0 unspecified atom stereocenters. The first-order chi connectivity index (χ1) is 7.00. The second-order valence-corrected chi connectivity index (χ2v) is 4.36. The van der Waals surface area contributed by atoms with Gasteiger partial charge in [-0.05, 0) is 31.5 Å². The van der Waals surface area contributed by atoms with Crippen molar-refractivity contribution in [2.24, 2.45) is 0 Å². The summed E-state index contributed by atoms with van der Waals surface area (Å²) in [6, 6.07) is 3.65. The van der Waals surface area contributed by atoms with Crippen molar-refractivity contribution in [1.82, 2.24) is 4.98 Å². The van der Waals surface area contributed by atoms with Gasteiger partial charge in [-0.2, -0.15) is 0 Å². The molecule has 4 heteroatoms. The van der Waals surface area contributed by atoms with Gasteiger partial charge in [0, 0.05) is 10.4 Å². The Morgan fingerprint density at radius 3 is 2.53 bits per heavy atom. The molecule has 0 amide bonds. The van der Waals surface area contributed by atoms with Gasteiger partial charge in [-0.25, -0.2) is 0 Å². The van der Waals surface area contributed by atoms with Gasteiger partial charge in [0.2, 0.25) is 0 Å². The largest absolute Gasteiger partial charge is 0.397 e. The summed E-state index contributed by atoms with van der Waals surface area (Å²) in [5, 5.41) is 1.97. The van der Waals surface area contributed by atoms with Crippen LogP contribution in [0.25, 0.3) is 10.9 Å². The summed E-state index contributed by atoms with van der Waals surface area (Å²) in [6.45, 7) is 3.79. The fraction of sp³-hybridized carbons (Fsp3) is 0.182. The van der Waals surface area contributed by atoms with Crippen molar-refractivity contribution in [3.05, 3.63) is 33.4 Å². The maximum Gasteiger partial charge on any atom is 0.0854 e. The van der Waals surface area contributed by atoms with Crippen LogP contribution >= 0.6 is 23.2 Å². The van der Waals surface area contributed by atoms with Gasteiger partial charge < -0.3 is 5.73 Å². The van der Waals surface area contributed by atoms with Crippen LogP contribution in [-0.4, -0.2) is 4.98 Å². The van der Waals surface area contributed by atoms with E-state index in [1.165, 1.54) is 0 Å². The zero-order chi connectivity index (χ0) is 11.2. The summed E-state index contributed by atoms with van der Waals surface area (Å²) >= 11 is 12.0. The zero-order valence-corrected chi connectivity index (χ0v) is 9.95. The molecule has 0 aliphatic heterocycles. The molecular weight excluding hydrogens is 231 g/mol. The summed E-state index contributed by atoms with van der Waals surface area (Å²) < 4.78 is 0. The van der Waals surface area contributed by atoms with Gasteiger partial charge in [0.15, 0.2) is 0 Å². The first-order valence-electron chi connectivity index (χ1n) is 4.52. The Balaban J connectivity index is 2.98. The Kier molecular flexibility index (Phi) is 2.49. The van der Waals surface area contributed by atoms with Gasteiger partial charge >= 0.3 is 0 Å². The number of fused-ring (bicyclic) bond motifs is 1. The predicted octanol–water partition coefficient (Wildman–Crippen LogP) is 3.74. The lowest BCUT2D eigenvalue weighted by atomic mass is 10.1. The number of hydrogen-bond acceptors (Lipinski definition) is 2. The minimum absolute atomic E-state index is 0.504. The van der Waals surface area contributed by atoms with E-state index in [9.17, 15) is 0 Å². The highest BCUT2D eigenvalue weighted by Crippen LogP contribution is 2.32. The number of aromatic nitrogens is 1. The van der Waals surface area contributed by atoms with E-state index in [1.807, 2.05) is 19.9 Å². The SMILES string of the molecule is Cc1nc2c(C)cc(Cl)cc2c(N)c1Cl. The number of anilines is 1. The van der Waals surface area contributed by atoms with Crippen molar-refractivity contribution >= 4 is 39.8 Å². The van der Waals surface area contributed by atoms with Crippen LogP contribution in [0, 0.1) is 13.8 Å². The van der Waals surface area contributed by atoms with E-state index in [0.717, 1.165) is 22.2 Å². The smallest absolute Gasteiger partial charge is 0.0854 e. The van der Waals surface area contributed by atoms with Crippen molar-refractivity contribution in [3.63, 3.8) is 0 Å². The molecule has 0 fully saturated rings. The third-order valence-electron chi connectivity index (χ3n) is 2.39. The van der Waals surface area contributed by atoms with Crippen molar-refractivity contribution < 1.29 is 0 Å². The molecule has 2 rings (SSSR count). The molecule has 1 aromatic carbocycles. The number of hydrogen-bond donors (Lipinski definition) is 1. The van der Waals surface area contributed by atoms with Crippen LogP contribution in [0.2, 0.25) is 10.0 Å². The Morgan fingerprint density at radius 1 is 1.20 bits per heavy atom. The molecule has 0 radical (unpaired) electrons. The highest BCUT2D eigenvalue weighted by atomic mass is 35.5. The normalized spacial score (nSPS) is 10.9. The van der Waals surface area contributed by atoms with Crippen LogP contribution in [-0.2, 0) is 0 Å². The van der Waals surface area contributed by atoms with Crippen molar-refractivity contribution in [2.75, 3.05) is 5.73 Å². The fourth-order valence-corrected chi connectivity index (χ4v) is 2.04. The molecule has 2 aromatic rings. The number of aryl methyl sites for hydroxylation is 2. The quantitative estimate of drug-likeness (QED) is 0.762. The molecule has 15 heavy (non-hydrogen) atoms. The third-order valence-corrected chi connectivity index (χ3v) is 3.08. The van der Waals surface area contributed by atoms with Crippen LogP contribution in [0.5, 0.6) is 0 Å². The summed E-state index contributed by atoms with van der Waals surface area (Å²) in [4.78, 5) is 4.41. The topological polar surface area (TPSA) is 38.9 Å². The van der Waals surface area contributed by atoms with Crippen molar-refractivity contribution in [1.29, 1.82) is 0 Å². The van der Waals surface area contributed by atoms with Gasteiger partial charge in [0.05, 0.1) is 21.9 Å². The Morgan fingerprint density at radius 2 is 1.87 bits per heavy atom. The van der Waals surface area contributed by atoms with Crippen LogP contribution in [0.1, 0.15) is 11.3 Å². The van der Waals surface area contributed by atoms with E-state index in [1.54, 1.807) is 6.07 Å². The first-order valence-corrected chi connectivity index (χ1v) is 5.27. The number of benzene rings is 1. The number of rotatable bonds is 0. The Hall–Kier alpha value is -0.990. The fourth-order valence-electron chi connectivity index (χ4n) is 1.62. The molecular formula is C11H10Cl2N2. The first kappa shape index (κ1) is 10.5. The monoisotopic (exact) mass is 240 g/mol. The average Bonchev–Trinajstić information content (AvgIpc) is 2.17. The Labute approximate surface area is 98.0 Å². The molecule has 0 aliphatic rings. The number of nitrogen functional groups attached to an aromatic ring is 1. The zero-order valence-electron chi connectivity index (χ0n) is 8.44. The molecule has 0 spiro atoms. The molecule has 78 valence electrons. The molecule has 0 atom stereocenters. The molecule has 2 N–H and O–H groups in total. The number of halogens is 2. The molecule has 1 aromatic heterocycles. The molecule has 1 heterocycles. The summed E-state index contributed by atoms with van der Waals surface area (Å²) in [5.74, 6) is 0. The minimum Gasteiger partial charge on any atom is -0.397 e. The number of nitrogens with two attached hydrogens (primary N) is 1. The van der Waals surface area contributed by atoms with Crippen molar-refractivity contribution in [2.45, 2.75) is 13.8 Å². The van der Waals surface area contributed by atoms with E-state index < -0.39 is 0 Å². The molecule has 0 saturated heterocycles. The van der Waals surface area contributed by atoms with Crippen LogP contribution in [0.4, 0.5) is 5.69 Å². The van der Waals surface area contributed by atoms with E-state index in [0.29, 0.717) is 15.7 Å². The van der Waals surface area contributed by atoms with Gasteiger partial charge in [-0.15, -0.1) is 0 Å². The lowest BCUT2D eigenvalue weighted by Crippen LogP contribution is -1.96. The van der Waals surface area contributed by atoms with Crippen LogP contribution in [0.15, 0.2) is 12.1 Å². The molecule has 0 aliphatic carbocycles. The highest BCUT2D eigenvalue weighted by Gasteiger charge is 2.10. The average molecular weight is 241 g/mol. The minimum atomic E-state index is 0.504. The summed E-state index contributed by atoms with van der Waals surface area (Å²) in [5.41, 5.74) is 9.08. The number of pyridine rings is 1. The van der Waals surface area contributed by atoms with Gasteiger partial charge in [0.1, 0.15) is 0 Å². The number of nitrogens with zero attached hydrogens (tertiary/aromatic N) is 1. The Bertz CT molecular complexity index is 550. The second kappa shape index (κ2) is 3.54. The lowest BCUT2D eigenvalue weighted by Gasteiger charge is -2.09.